The molecular formula is C26H46BN7O12. The Morgan fingerprint density at radius 1 is 0.696 bits per heavy atom. The molecule has 20 heteroatoms. The van der Waals surface area contributed by atoms with Crippen molar-refractivity contribution in [3.63, 3.8) is 0 Å². The first kappa shape index (κ1) is 38.8. The van der Waals surface area contributed by atoms with E-state index < -0.39 is 67.4 Å². The number of aliphatic hydroxyl groups excluding tert-OH is 1. The highest BCUT2D eigenvalue weighted by molar-refractivity contribution is 6.43. The Morgan fingerprint density at radius 3 is 1.48 bits per heavy atom. The van der Waals surface area contributed by atoms with Gasteiger partial charge in [0.15, 0.2) is 0 Å². The van der Waals surface area contributed by atoms with E-state index in [1.807, 2.05) is 0 Å². The number of nitrogens with zero attached hydrogens (tertiary/aromatic N) is 5. The Labute approximate surface area is 266 Å². The molecule has 0 radical (unpaired) electrons. The Morgan fingerprint density at radius 2 is 1.11 bits per heavy atom. The number of hydrogen-bond donors (Lipinski definition) is 8. The molecule has 2 heterocycles. The van der Waals surface area contributed by atoms with Gasteiger partial charge in [0.25, 0.3) is 0 Å². The van der Waals surface area contributed by atoms with Crippen LogP contribution in [0.5, 0.6) is 0 Å². The van der Waals surface area contributed by atoms with Crippen LogP contribution in [0.1, 0.15) is 19.8 Å². The van der Waals surface area contributed by atoms with Crippen LogP contribution in [0.25, 0.3) is 0 Å². The normalized spacial score (nSPS) is 21.0. The summed E-state index contributed by atoms with van der Waals surface area (Å²) >= 11 is 0. The Hall–Kier alpha value is -3.40. The maximum absolute atomic E-state index is 13.0. The number of carboxylic acid groups (broad SMARTS) is 3. The molecule has 2 fully saturated rings. The summed E-state index contributed by atoms with van der Waals surface area (Å²) in [7, 11) is -1.73. The van der Waals surface area contributed by atoms with Crippen molar-refractivity contribution in [1.82, 2.24) is 35.1 Å². The molecule has 2 aliphatic heterocycles. The van der Waals surface area contributed by atoms with Crippen LogP contribution in [-0.2, 0) is 28.8 Å². The highest BCUT2D eigenvalue weighted by atomic mass is 16.4. The Kier molecular flexibility index (Phi) is 16.3. The van der Waals surface area contributed by atoms with Crippen molar-refractivity contribution in [2.24, 2.45) is 0 Å². The molecule has 3 amide bonds. The zero-order valence-corrected chi connectivity index (χ0v) is 26.0. The van der Waals surface area contributed by atoms with Crippen molar-refractivity contribution in [2.45, 2.75) is 37.8 Å². The minimum Gasteiger partial charge on any atom is -0.480 e. The topological polar surface area (TPSA) is 264 Å². The lowest BCUT2D eigenvalue weighted by Gasteiger charge is -2.33. The van der Waals surface area contributed by atoms with Crippen molar-refractivity contribution in [1.29, 1.82) is 0 Å². The van der Waals surface area contributed by atoms with Gasteiger partial charge in [-0.3, -0.25) is 48.4 Å². The van der Waals surface area contributed by atoms with E-state index in [-0.39, 0.29) is 85.1 Å². The molecule has 0 aromatic heterocycles. The van der Waals surface area contributed by atoms with E-state index in [0.29, 0.717) is 12.8 Å². The molecule has 46 heavy (non-hydrogen) atoms. The summed E-state index contributed by atoms with van der Waals surface area (Å²) in [6.45, 7) is 1.22. The molecule has 0 aromatic carbocycles. The van der Waals surface area contributed by atoms with Crippen LogP contribution in [0.15, 0.2) is 0 Å². The van der Waals surface area contributed by atoms with E-state index in [1.54, 1.807) is 19.6 Å². The second-order valence-corrected chi connectivity index (χ2v) is 11.5. The van der Waals surface area contributed by atoms with E-state index in [4.69, 9.17) is 0 Å². The third-order valence-corrected chi connectivity index (χ3v) is 7.86. The van der Waals surface area contributed by atoms with Crippen molar-refractivity contribution < 1.29 is 59.2 Å². The largest absolute Gasteiger partial charge is 0.480 e. The lowest BCUT2D eigenvalue weighted by atomic mass is 9.78. The van der Waals surface area contributed by atoms with Gasteiger partial charge in [0.05, 0.1) is 38.7 Å². The molecule has 8 N–H and O–H groups in total. The van der Waals surface area contributed by atoms with Gasteiger partial charge in [0.2, 0.25) is 17.7 Å². The SMILES string of the molecule is C[C@@H](NC(=O)[C@H](CO)NC(=O)CN1CCN(CC(=O)O)CCN(CC(=O)O)CCN(CC(=O)O)CC1)C(=O)N1CCC[C@H]1B(O)O. The van der Waals surface area contributed by atoms with Crippen LogP contribution in [0.2, 0.25) is 0 Å². The van der Waals surface area contributed by atoms with Gasteiger partial charge >= 0.3 is 25.0 Å². The predicted octanol–water partition coefficient (Wildman–Crippen LogP) is -5.55. The van der Waals surface area contributed by atoms with Crippen molar-refractivity contribution in [3.8, 4) is 0 Å². The van der Waals surface area contributed by atoms with E-state index >= 15 is 0 Å². The summed E-state index contributed by atoms with van der Waals surface area (Å²) in [5.41, 5.74) is 0. The average Bonchev–Trinajstić information content (AvgIpc) is 3.46. The summed E-state index contributed by atoms with van der Waals surface area (Å²) in [5, 5.41) is 61.8. The summed E-state index contributed by atoms with van der Waals surface area (Å²) in [6.07, 6.45) is 0.951. The number of aliphatic carboxylic acids is 3. The quantitative estimate of drug-likeness (QED) is 0.0808. The minimum atomic E-state index is -1.73. The number of aliphatic hydroxyl groups is 1. The van der Waals surface area contributed by atoms with Crippen molar-refractivity contribution in [3.05, 3.63) is 0 Å². The standard InChI is InChI=1S/C26H46BN7O12/c1-18(26(44)34-4-2-3-20(34)27(45)46)28-25(43)19(17-35)29-21(36)13-30-5-7-31(14-22(37)38)9-11-33(16-24(41)42)12-10-32(8-6-30)15-23(39)40/h18-20,35,45-46H,2-17H2,1H3,(H,28,43)(H,29,36)(H,37,38)(H,39,40)(H,41,42)/t18-,19+,20+/m1/s1. The molecule has 0 aliphatic carbocycles. The van der Waals surface area contributed by atoms with Gasteiger partial charge in [-0.15, -0.1) is 0 Å². The third-order valence-electron chi connectivity index (χ3n) is 7.86. The fourth-order valence-corrected chi connectivity index (χ4v) is 5.42. The lowest BCUT2D eigenvalue weighted by Crippen LogP contribution is -2.57. The van der Waals surface area contributed by atoms with E-state index in [1.165, 1.54) is 11.8 Å². The zero-order chi connectivity index (χ0) is 34.4. The molecule has 2 rings (SSSR count). The maximum Gasteiger partial charge on any atom is 0.475 e. The molecule has 0 aromatic rings. The summed E-state index contributed by atoms with van der Waals surface area (Å²) in [4.78, 5) is 80.7. The monoisotopic (exact) mass is 659 g/mol. The second kappa shape index (κ2) is 19.3. The molecule has 2 aliphatic rings. The van der Waals surface area contributed by atoms with Gasteiger partial charge in [-0.2, -0.15) is 0 Å². The molecule has 260 valence electrons. The van der Waals surface area contributed by atoms with E-state index in [2.05, 4.69) is 10.6 Å². The van der Waals surface area contributed by atoms with Crippen LogP contribution < -0.4 is 10.6 Å². The zero-order valence-electron chi connectivity index (χ0n) is 26.0. The van der Waals surface area contributed by atoms with Gasteiger partial charge in [-0.1, -0.05) is 0 Å². The molecule has 3 atom stereocenters. The highest BCUT2D eigenvalue weighted by Crippen LogP contribution is 2.19. The fourth-order valence-electron chi connectivity index (χ4n) is 5.42. The van der Waals surface area contributed by atoms with Crippen LogP contribution in [0.4, 0.5) is 0 Å². The average molecular weight is 660 g/mol. The van der Waals surface area contributed by atoms with Crippen LogP contribution in [0.3, 0.4) is 0 Å². The molecule has 0 bridgehead atoms. The number of nitrogens with one attached hydrogen (secondary N) is 2. The van der Waals surface area contributed by atoms with Crippen molar-refractivity contribution >= 4 is 42.7 Å². The number of carboxylic acids is 3. The third kappa shape index (κ3) is 13.5. The summed E-state index contributed by atoms with van der Waals surface area (Å²) < 4.78 is 0. The Bertz CT molecular complexity index is 1040. The van der Waals surface area contributed by atoms with Gasteiger partial charge in [0.1, 0.15) is 12.1 Å². The number of amides is 3. The minimum absolute atomic E-state index is 0.176. The highest BCUT2D eigenvalue weighted by Gasteiger charge is 2.39. The van der Waals surface area contributed by atoms with Crippen molar-refractivity contribution in [2.75, 3.05) is 91.7 Å². The van der Waals surface area contributed by atoms with E-state index in [9.17, 15) is 59.2 Å². The molecular weight excluding hydrogens is 613 g/mol. The van der Waals surface area contributed by atoms with Crippen LogP contribution in [-0.4, -0.2) is 207 Å². The van der Waals surface area contributed by atoms with Gasteiger partial charge in [-0.05, 0) is 19.8 Å². The van der Waals surface area contributed by atoms with Crippen LogP contribution >= 0.6 is 0 Å². The molecule has 0 saturated carbocycles. The van der Waals surface area contributed by atoms with E-state index in [0.717, 1.165) is 0 Å². The van der Waals surface area contributed by atoms with Gasteiger partial charge in [-0.25, -0.2) is 0 Å². The first-order valence-corrected chi connectivity index (χ1v) is 15.1. The fraction of sp³-hybridized carbons (Fsp3) is 0.769. The number of rotatable bonds is 14. The number of likely N-dealkylation sites (tertiary alicyclic amines) is 1. The van der Waals surface area contributed by atoms with Gasteiger partial charge < -0.3 is 46.0 Å². The maximum atomic E-state index is 13.0. The van der Waals surface area contributed by atoms with Gasteiger partial charge in [0, 0.05) is 58.9 Å². The number of carbonyl (C=O) groups excluding carboxylic acids is 3. The first-order valence-electron chi connectivity index (χ1n) is 15.1. The molecule has 0 unspecified atom stereocenters. The van der Waals surface area contributed by atoms with Crippen LogP contribution in [0, 0.1) is 0 Å². The number of carbonyl (C=O) groups is 6. The molecule has 19 nitrogen and oxygen atoms in total. The smallest absolute Gasteiger partial charge is 0.475 e. The molecule has 2 saturated heterocycles. The number of hydrogen-bond acceptors (Lipinski definition) is 13. The molecule has 0 spiro atoms. The summed E-state index contributed by atoms with van der Waals surface area (Å²) in [6, 6.07) is -2.50. The first-order chi connectivity index (χ1) is 21.7. The lowest BCUT2D eigenvalue weighted by molar-refractivity contribution is -0.140. The Balaban J connectivity index is 2.07. The predicted molar refractivity (Wildman–Crippen MR) is 160 cm³/mol. The summed E-state index contributed by atoms with van der Waals surface area (Å²) in [5.74, 6) is -6.10. The second-order valence-electron chi connectivity index (χ2n) is 11.5.